The SMILES string of the molecule is Cc1cc(C)cc(C(=O)N2CCC(F)(c3nc(C4CCOCC4)no3)C2)c1. The second-order valence-electron chi connectivity index (χ2n) is 7.66. The Kier molecular flexibility index (Phi) is 4.72. The van der Waals surface area contributed by atoms with Crippen molar-refractivity contribution in [3.05, 3.63) is 46.6 Å². The van der Waals surface area contributed by atoms with Gasteiger partial charge in [-0.3, -0.25) is 4.79 Å². The van der Waals surface area contributed by atoms with E-state index in [-0.39, 0.29) is 30.7 Å². The number of amides is 1. The number of halogens is 1. The molecule has 3 heterocycles. The molecule has 2 saturated heterocycles. The third-order valence-electron chi connectivity index (χ3n) is 5.39. The highest BCUT2D eigenvalue weighted by atomic mass is 19.1. The maximum atomic E-state index is 15.5. The quantitative estimate of drug-likeness (QED) is 0.826. The number of carbonyl (C=O) groups is 1. The Bertz CT molecular complexity index is 826. The molecule has 0 spiro atoms. The fourth-order valence-corrected chi connectivity index (χ4v) is 3.94. The number of hydrogen-bond acceptors (Lipinski definition) is 5. The number of aryl methyl sites for hydroxylation is 2. The molecule has 144 valence electrons. The average Bonchev–Trinajstić information content (AvgIpc) is 3.29. The lowest BCUT2D eigenvalue weighted by molar-refractivity contribution is 0.0716. The van der Waals surface area contributed by atoms with Gasteiger partial charge in [0.25, 0.3) is 11.8 Å². The molecule has 2 aromatic rings. The number of carbonyl (C=O) groups excluding carboxylic acids is 1. The van der Waals surface area contributed by atoms with Gasteiger partial charge in [0.2, 0.25) is 5.67 Å². The van der Waals surface area contributed by atoms with Crippen molar-refractivity contribution < 1.29 is 18.4 Å². The number of hydrogen-bond donors (Lipinski definition) is 0. The van der Waals surface area contributed by atoms with Crippen LogP contribution < -0.4 is 0 Å². The Morgan fingerprint density at radius 3 is 2.63 bits per heavy atom. The van der Waals surface area contributed by atoms with Crippen LogP contribution in [0.1, 0.15) is 58.4 Å². The van der Waals surface area contributed by atoms with E-state index < -0.39 is 5.67 Å². The number of likely N-dealkylation sites (tertiary alicyclic amines) is 1. The molecule has 6 nitrogen and oxygen atoms in total. The average molecular weight is 373 g/mol. The molecule has 1 aromatic heterocycles. The fourth-order valence-electron chi connectivity index (χ4n) is 3.94. The number of alkyl halides is 1. The Labute approximate surface area is 157 Å². The van der Waals surface area contributed by atoms with Crippen molar-refractivity contribution in [2.24, 2.45) is 0 Å². The zero-order valence-corrected chi connectivity index (χ0v) is 15.7. The first-order valence-corrected chi connectivity index (χ1v) is 9.43. The molecule has 0 radical (unpaired) electrons. The van der Waals surface area contributed by atoms with Gasteiger partial charge in [-0.15, -0.1) is 0 Å². The second kappa shape index (κ2) is 7.03. The van der Waals surface area contributed by atoms with E-state index in [1.165, 1.54) is 4.90 Å². The maximum Gasteiger partial charge on any atom is 0.266 e. The summed E-state index contributed by atoms with van der Waals surface area (Å²) in [6.45, 7) is 5.49. The lowest BCUT2D eigenvalue weighted by atomic mass is 9.99. The predicted molar refractivity (Wildman–Crippen MR) is 96.3 cm³/mol. The van der Waals surface area contributed by atoms with E-state index in [4.69, 9.17) is 9.26 Å². The van der Waals surface area contributed by atoms with Crippen LogP contribution in [-0.4, -0.2) is 47.3 Å². The van der Waals surface area contributed by atoms with Gasteiger partial charge in [-0.1, -0.05) is 22.3 Å². The molecule has 2 aliphatic rings. The summed E-state index contributed by atoms with van der Waals surface area (Å²) in [6.07, 6.45) is 1.80. The molecular formula is C20H24FN3O3. The van der Waals surface area contributed by atoms with Crippen molar-refractivity contribution in [3.63, 3.8) is 0 Å². The lowest BCUT2D eigenvalue weighted by Gasteiger charge is -2.19. The van der Waals surface area contributed by atoms with Crippen LogP contribution in [0.15, 0.2) is 22.7 Å². The van der Waals surface area contributed by atoms with Crippen LogP contribution in [0.25, 0.3) is 0 Å². The molecule has 0 saturated carbocycles. The first kappa shape index (κ1) is 18.1. The molecule has 1 atom stereocenters. The Morgan fingerprint density at radius 1 is 1.22 bits per heavy atom. The highest BCUT2D eigenvalue weighted by Crippen LogP contribution is 2.37. The minimum Gasteiger partial charge on any atom is -0.381 e. The van der Waals surface area contributed by atoms with Gasteiger partial charge >= 0.3 is 0 Å². The van der Waals surface area contributed by atoms with Crippen LogP contribution in [-0.2, 0) is 10.4 Å². The molecule has 1 unspecified atom stereocenters. The summed E-state index contributed by atoms with van der Waals surface area (Å²) >= 11 is 0. The summed E-state index contributed by atoms with van der Waals surface area (Å²) in [5, 5.41) is 4.00. The fraction of sp³-hybridized carbons (Fsp3) is 0.550. The summed E-state index contributed by atoms with van der Waals surface area (Å²) in [7, 11) is 0. The van der Waals surface area contributed by atoms with Gasteiger partial charge in [0, 0.05) is 37.7 Å². The van der Waals surface area contributed by atoms with Gasteiger partial charge in [0.05, 0.1) is 6.54 Å². The topological polar surface area (TPSA) is 68.5 Å². The summed E-state index contributed by atoms with van der Waals surface area (Å²) in [5.41, 5.74) is 0.833. The van der Waals surface area contributed by atoms with Crippen molar-refractivity contribution >= 4 is 5.91 Å². The minimum absolute atomic E-state index is 0.0142. The van der Waals surface area contributed by atoms with Crippen LogP contribution in [0, 0.1) is 13.8 Å². The van der Waals surface area contributed by atoms with Gasteiger partial charge in [-0.25, -0.2) is 4.39 Å². The number of aromatic nitrogens is 2. The monoisotopic (exact) mass is 373 g/mol. The molecule has 2 fully saturated rings. The molecule has 0 aliphatic carbocycles. The first-order chi connectivity index (χ1) is 12.9. The zero-order chi connectivity index (χ0) is 19.0. The Morgan fingerprint density at radius 2 is 1.93 bits per heavy atom. The van der Waals surface area contributed by atoms with E-state index >= 15 is 4.39 Å². The van der Waals surface area contributed by atoms with Crippen LogP contribution >= 0.6 is 0 Å². The van der Waals surface area contributed by atoms with Gasteiger partial charge in [0.15, 0.2) is 5.82 Å². The van der Waals surface area contributed by atoms with Crippen molar-refractivity contribution in [1.82, 2.24) is 15.0 Å². The number of rotatable bonds is 3. The highest BCUT2D eigenvalue weighted by Gasteiger charge is 2.46. The normalized spacial score (nSPS) is 23.7. The van der Waals surface area contributed by atoms with Gasteiger partial charge < -0.3 is 14.2 Å². The molecule has 1 aromatic carbocycles. The smallest absolute Gasteiger partial charge is 0.266 e. The summed E-state index contributed by atoms with van der Waals surface area (Å²) in [6, 6.07) is 5.68. The van der Waals surface area contributed by atoms with E-state index in [0.717, 1.165) is 24.0 Å². The van der Waals surface area contributed by atoms with E-state index in [9.17, 15) is 4.79 Å². The van der Waals surface area contributed by atoms with Gasteiger partial charge in [0.1, 0.15) is 0 Å². The third-order valence-corrected chi connectivity index (χ3v) is 5.39. The van der Waals surface area contributed by atoms with Crippen molar-refractivity contribution in [2.75, 3.05) is 26.3 Å². The highest BCUT2D eigenvalue weighted by molar-refractivity contribution is 5.94. The van der Waals surface area contributed by atoms with Crippen LogP contribution in [0.2, 0.25) is 0 Å². The minimum atomic E-state index is -1.79. The van der Waals surface area contributed by atoms with E-state index in [1.54, 1.807) is 0 Å². The van der Waals surface area contributed by atoms with Crippen molar-refractivity contribution in [2.45, 2.75) is 44.7 Å². The third kappa shape index (κ3) is 3.60. The molecule has 4 rings (SSSR count). The number of ether oxygens (including phenoxy) is 1. The second-order valence-corrected chi connectivity index (χ2v) is 7.66. The van der Waals surface area contributed by atoms with E-state index in [1.807, 2.05) is 32.0 Å². The predicted octanol–water partition coefficient (Wildman–Crippen LogP) is 3.29. The molecule has 7 heteroatoms. The van der Waals surface area contributed by atoms with Crippen LogP contribution in [0.3, 0.4) is 0 Å². The Balaban J connectivity index is 1.49. The van der Waals surface area contributed by atoms with E-state index in [2.05, 4.69) is 10.1 Å². The number of benzene rings is 1. The molecule has 0 bridgehead atoms. The Hall–Kier alpha value is -2.28. The molecule has 0 N–H and O–H groups in total. The van der Waals surface area contributed by atoms with Gasteiger partial charge in [-0.05, 0) is 38.8 Å². The number of nitrogens with zero attached hydrogens (tertiary/aromatic N) is 3. The standard InChI is InChI=1S/C20H24FN3O3/c1-13-9-14(2)11-16(10-13)18(25)24-6-5-20(21,12-24)19-22-17(23-27-19)15-3-7-26-8-4-15/h9-11,15H,3-8,12H2,1-2H3. The lowest BCUT2D eigenvalue weighted by Crippen LogP contribution is -2.32. The molecular weight excluding hydrogens is 349 g/mol. The largest absolute Gasteiger partial charge is 0.381 e. The van der Waals surface area contributed by atoms with E-state index in [0.29, 0.717) is 31.1 Å². The summed E-state index contributed by atoms with van der Waals surface area (Å²) in [5.74, 6) is 0.517. The maximum absolute atomic E-state index is 15.5. The van der Waals surface area contributed by atoms with Crippen molar-refractivity contribution in [1.29, 1.82) is 0 Å². The molecule has 27 heavy (non-hydrogen) atoms. The zero-order valence-electron chi connectivity index (χ0n) is 15.7. The van der Waals surface area contributed by atoms with Crippen LogP contribution in [0.4, 0.5) is 4.39 Å². The molecule has 2 aliphatic heterocycles. The van der Waals surface area contributed by atoms with Crippen LogP contribution in [0.5, 0.6) is 0 Å². The first-order valence-electron chi connectivity index (χ1n) is 9.43. The summed E-state index contributed by atoms with van der Waals surface area (Å²) < 4.78 is 26.1. The van der Waals surface area contributed by atoms with Gasteiger partial charge in [-0.2, -0.15) is 4.98 Å². The summed E-state index contributed by atoms with van der Waals surface area (Å²) in [4.78, 5) is 18.7. The van der Waals surface area contributed by atoms with Crippen molar-refractivity contribution in [3.8, 4) is 0 Å². The molecule has 1 amide bonds.